The second-order valence-electron chi connectivity index (χ2n) is 8.91. The lowest BCUT2D eigenvalue weighted by Gasteiger charge is -2.25. The summed E-state index contributed by atoms with van der Waals surface area (Å²) in [4.78, 5) is 27.9. The number of hydrogen-bond acceptors (Lipinski definition) is 6. The summed E-state index contributed by atoms with van der Waals surface area (Å²) < 4.78 is 16.6. The first-order valence-electron chi connectivity index (χ1n) is 12.4. The summed E-state index contributed by atoms with van der Waals surface area (Å²) in [5.41, 5.74) is 2.24. The lowest BCUT2D eigenvalue weighted by atomic mass is 9.95. The van der Waals surface area contributed by atoms with Gasteiger partial charge < -0.3 is 24.2 Å². The van der Waals surface area contributed by atoms with Crippen molar-refractivity contribution in [3.8, 4) is 17.2 Å². The minimum Gasteiger partial charge on any atom is -0.507 e. The molecule has 1 aliphatic rings. The maximum atomic E-state index is 13.2. The molecule has 4 rings (SSSR count). The van der Waals surface area contributed by atoms with Crippen LogP contribution in [0.25, 0.3) is 5.76 Å². The number of amides is 1. The third kappa shape index (κ3) is 5.89. The standard InChI is InChI=1S/C31H31NO6/c1-4-18-37-25-15-11-23(12-16-25)29(33)27-28(22-9-13-24(36-3)14-10-22)32(31(35)30(27)34)17-6-19-38-26-8-5-7-21(2)20-26/h4-5,7-16,20,28,33H,1,6,17-19H2,2-3H3. The van der Waals surface area contributed by atoms with Crippen LogP contribution in [-0.4, -0.2) is 48.6 Å². The van der Waals surface area contributed by atoms with Gasteiger partial charge in [0.2, 0.25) is 0 Å². The maximum absolute atomic E-state index is 13.2. The van der Waals surface area contributed by atoms with Crippen molar-refractivity contribution in [3.05, 3.63) is 108 Å². The van der Waals surface area contributed by atoms with Gasteiger partial charge in [0.15, 0.2) is 0 Å². The highest BCUT2D eigenvalue weighted by Gasteiger charge is 2.45. The molecule has 1 saturated heterocycles. The number of nitrogens with zero attached hydrogens (tertiary/aromatic N) is 1. The van der Waals surface area contributed by atoms with E-state index in [0.29, 0.717) is 42.3 Å². The molecule has 1 aliphatic heterocycles. The molecular weight excluding hydrogens is 482 g/mol. The van der Waals surface area contributed by atoms with Gasteiger partial charge in [0.05, 0.1) is 25.3 Å². The van der Waals surface area contributed by atoms with E-state index in [1.807, 2.05) is 31.2 Å². The Kier molecular flexibility index (Phi) is 8.48. The molecule has 1 unspecified atom stereocenters. The van der Waals surface area contributed by atoms with Crippen LogP contribution in [0, 0.1) is 6.92 Å². The summed E-state index contributed by atoms with van der Waals surface area (Å²) in [6.07, 6.45) is 2.14. The summed E-state index contributed by atoms with van der Waals surface area (Å²) in [6.45, 7) is 6.61. The van der Waals surface area contributed by atoms with Crippen LogP contribution in [0.15, 0.2) is 91.0 Å². The quantitative estimate of drug-likeness (QED) is 0.121. The second-order valence-corrected chi connectivity index (χ2v) is 8.91. The number of ether oxygens (including phenoxy) is 3. The van der Waals surface area contributed by atoms with E-state index in [9.17, 15) is 14.7 Å². The normalized spacial score (nSPS) is 16.4. The minimum absolute atomic E-state index is 0.0412. The number of aliphatic hydroxyl groups is 1. The van der Waals surface area contributed by atoms with Crippen molar-refractivity contribution in [2.45, 2.75) is 19.4 Å². The van der Waals surface area contributed by atoms with Gasteiger partial charge in [0.1, 0.15) is 29.6 Å². The molecule has 0 saturated carbocycles. The number of Topliss-reactive ketones (excluding diaryl/α,β-unsaturated/α-hetero) is 1. The first-order chi connectivity index (χ1) is 18.4. The molecule has 3 aromatic carbocycles. The van der Waals surface area contributed by atoms with Crippen molar-refractivity contribution in [2.75, 3.05) is 26.9 Å². The van der Waals surface area contributed by atoms with Crippen molar-refractivity contribution in [2.24, 2.45) is 0 Å². The average molecular weight is 514 g/mol. The lowest BCUT2D eigenvalue weighted by molar-refractivity contribution is -0.140. The van der Waals surface area contributed by atoms with Crippen LogP contribution in [0.1, 0.15) is 29.2 Å². The largest absolute Gasteiger partial charge is 0.507 e. The molecule has 1 atom stereocenters. The van der Waals surface area contributed by atoms with Crippen LogP contribution in [-0.2, 0) is 9.59 Å². The van der Waals surface area contributed by atoms with E-state index in [0.717, 1.165) is 11.3 Å². The molecule has 1 heterocycles. The van der Waals surface area contributed by atoms with E-state index >= 15 is 0 Å². The van der Waals surface area contributed by atoms with Gasteiger partial charge >= 0.3 is 0 Å². The highest BCUT2D eigenvalue weighted by atomic mass is 16.5. The fourth-order valence-electron chi connectivity index (χ4n) is 4.39. The Morgan fingerprint density at radius 2 is 1.68 bits per heavy atom. The summed E-state index contributed by atoms with van der Waals surface area (Å²) in [5.74, 6) is 0.371. The fourth-order valence-corrected chi connectivity index (χ4v) is 4.39. The highest BCUT2D eigenvalue weighted by molar-refractivity contribution is 6.46. The van der Waals surface area contributed by atoms with Crippen molar-refractivity contribution in [3.63, 3.8) is 0 Å². The van der Waals surface area contributed by atoms with Gasteiger partial charge in [-0.3, -0.25) is 9.59 Å². The third-order valence-corrected chi connectivity index (χ3v) is 6.27. The van der Waals surface area contributed by atoms with Crippen LogP contribution in [0.2, 0.25) is 0 Å². The molecule has 0 spiro atoms. The molecule has 1 N–H and O–H groups in total. The van der Waals surface area contributed by atoms with Crippen LogP contribution in [0.5, 0.6) is 17.2 Å². The van der Waals surface area contributed by atoms with Crippen molar-refractivity contribution in [1.29, 1.82) is 0 Å². The van der Waals surface area contributed by atoms with Gasteiger partial charge in [-0.1, -0.05) is 36.9 Å². The lowest BCUT2D eigenvalue weighted by Crippen LogP contribution is -2.31. The fraction of sp³-hybridized carbons (Fsp3) is 0.226. The van der Waals surface area contributed by atoms with E-state index in [4.69, 9.17) is 14.2 Å². The zero-order valence-corrected chi connectivity index (χ0v) is 21.6. The Bertz CT molecular complexity index is 1330. The SMILES string of the molecule is C=CCOc1ccc(C(O)=C2C(=O)C(=O)N(CCCOc3cccc(C)c3)C2c2ccc(OC)cc2)cc1. The first-order valence-corrected chi connectivity index (χ1v) is 12.4. The Balaban J connectivity index is 1.62. The molecule has 38 heavy (non-hydrogen) atoms. The number of ketones is 1. The van der Waals surface area contributed by atoms with E-state index in [1.165, 1.54) is 4.90 Å². The van der Waals surface area contributed by atoms with E-state index in [2.05, 4.69) is 6.58 Å². The molecule has 0 aromatic heterocycles. The van der Waals surface area contributed by atoms with Crippen LogP contribution < -0.4 is 14.2 Å². The number of carbonyl (C=O) groups excluding carboxylic acids is 2. The maximum Gasteiger partial charge on any atom is 0.295 e. The number of likely N-dealkylation sites (tertiary alicyclic amines) is 1. The topological polar surface area (TPSA) is 85.3 Å². The van der Waals surface area contributed by atoms with E-state index < -0.39 is 17.7 Å². The number of benzene rings is 3. The Morgan fingerprint density at radius 3 is 2.34 bits per heavy atom. The number of rotatable bonds is 11. The Hall–Kier alpha value is -4.52. The summed E-state index contributed by atoms with van der Waals surface area (Å²) in [5, 5.41) is 11.2. The number of methoxy groups -OCH3 is 1. The molecule has 0 bridgehead atoms. The third-order valence-electron chi connectivity index (χ3n) is 6.27. The molecule has 7 nitrogen and oxygen atoms in total. The second kappa shape index (κ2) is 12.1. The summed E-state index contributed by atoms with van der Waals surface area (Å²) in [7, 11) is 1.57. The molecule has 0 radical (unpaired) electrons. The predicted molar refractivity (Wildman–Crippen MR) is 145 cm³/mol. The van der Waals surface area contributed by atoms with Crippen molar-refractivity contribution >= 4 is 17.4 Å². The highest BCUT2D eigenvalue weighted by Crippen LogP contribution is 2.40. The van der Waals surface area contributed by atoms with Crippen LogP contribution in [0.3, 0.4) is 0 Å². The van der Waals surface area contributed by atoms with Crippen LogP contribution >= 0.6 is 0 Å². The van der Waals surface area contributed by atoms with E-state index in [-0.39, 0.29) is 17.9 Å². The Labute approximate surface area is 222 Å². The molecule has 3 aromatic rings. The zero-order chi connectivity index (χ0) is 27.1. The molecular formula is C31H31NO6. The number of carbonyl (C=O) groups is 2. The first kappa shape index (κ1) is 26.5. The van der Waals surface area contributed by atoms with Crippen molar-refractivity contribution in [1.82, 2.24) is 4.90 Å². The molecule has 0 aliphatic carbocycles. The van der Waals surface area contributed by atoms with Gasteiger partial charge in [0.25, 0.3) is 11.7 Å². The van der Waals surface area contributed by atoms with Gasteiger partial charge in [-0.2, -0.15) is 0 Å². The van der Waals surface area contributed by atoms with Gasteiger partial charge in [-0.05, 0) is 73.0 Å². The van der Waals surface area contributed by atoms with Crippen molar-refractivity contribution < 1.29 is 28.9 Å². The summed E-state index contributed by atoms with van der Waals surface area (Å²) in [6, 6.07) is 20.8. The molecule has 7 heteroatoms. The smallest absolute Gasteiger partial charge is 0.295 e. The van der Waals surface area contributed by atoms with E-state index in [1.54, 1.807) is 61.7 Å². The monoisotopic (exact) mass is 513 g/mol. The predicted octanol–water partition coefficient (Wildman–Crippen LogP) is 5.46. The number of aliphatic hydroxyl groups excluding tert-OH is 1. The zero-order valence-electron chi connectivity index (χ0n) is 21.6. The number of aryl methyl sites for hydroxylation is 1. The average Bonchev–Trinajstić information content (AvgIpc) is 3.19. The number of hydrogen-bond donors (Lipinski definition) is 1. The molecule has 1 amide bonds. The van der Waals surface area contributed by atoms with Gasteiger partial charge in [-0.15, -0.1) is 0 Å². The van der Waals surface area contributed by atoms with Crippen LogP contribution in [0.4, 0.5) is 0 Å². The van der Waals surface area contributed by atoms with Gasteiger partial charge in [-0.25, -0.2) is 0 Å². The Morgan fingerprint density at radius 1 is 0.974 bits per heavy atom. The summed E-state index contributed by atoms with van der Waals surface area (Å²) >= 11 is 0. The minimum atomic E-state index is -0.753. The van der Waals surface area contributed by atoms with Gasteiger partial charge in [0, 0.05) is 12.1 Å². The molecule has 196 valence electrons. The molecule has 1 fully saturated rings.